The first-order valence-corrected chi connectivity index (χ1v) is 7.29. The molecule has 0 unspecified atom stereocenters. The number of hydrogen-bond acceptors (Lipinski definition) is 4. The van der Waals surface area contributed by atoms with Crippen molar-refractivity contribution in [3.63, 3.8) is 0 Å². The zero-order chi connectivity index (χ0) is 16.8. The highest BCUT2D eigenvalue weighted by molar-refractivity contribution is 6.02. The average molecular weight is 312 g/mol. The van der Waals surface area contributed by atoms with Crippen molar-refractivity contribution in [1.29, 1.82) is 0 Å². The van der Waals surface area contributed by atoms with E-state index >= 15 is 0 Å². The molecule has 0 spiro atoms. The number of aryl methyl sites for hydroxylation is 2. The fourth-order valence-electron chi connectivity index (χ4n) is 2.24. The second kappa shape index (κ2) is 7.45. The van der Waals surface area contributed by atoms with Crippen molar-refractivity contribution in [2.24, 2.45) is 0 Å². The van der Waals surface area contributed by atoms with Crippen LogP contribution >= 0.6 is 0 Å². The monoisotopic (exact) mass is 312 g/mol. The van der Waals surface area contributed by atoms with Crippen LogP contribution in [-0.4, -0.2) is 25.2 Å². The Hall–Kier alpha value is -2.82. The van der Waals surface area contributed by atoms with Crippen LogP contribution in [0.25, 0.3) is 0 Å². The number of nitrogens with one attached hydrogen (secondary N) is 2. The normalized spacial score (nSPS) is 11.4. The van der Waals surface area contributed by atoms with E-state index in [2.05, 4.69) is 15.4 Å². The van der Waals surface area contributed by atoms with Gasteiger partial charge in [-0.1, -0.05) is 48.0 Å². The van der Waals surface area contributed by atoms with E-state index in [0.29, 0.717) is 5.56 Å². The summed E-state index contributed by atoms with van der Waals surface area (Å²) in [6, 6.07) is 14.6. The lowest BCUT2D eigenvalue weighted by molar-refractivity contribution is 0.0944. The molecule has 0 fully saturated rings. The number of methoxy groups -OCH3 is 1. The van der Waals surface area contributed by atoms with Crippen LogP contribution in [0, 0.1) is 13.8 Å². The first-order chi connectivity index (χ1) is 11.0. The van der Waals surface area contributed by atoms with Gasteiger partial charge in [-0.15, -0.1) is 0 Å². The third-order valence-electron chi connectivity index (χ3n) is 3.45. The maximum Gasteiger partial charge on any atom is 0.408 e. The van der Waals surface area contributed by atoms with Gasteiger partial charge < -0.3 is 10.1 Å². The SMILES string of the molecule is COC(=O)N[C@H](Nc1ccc(C)cc1C)C(=O)c1ccccc1. The van der Waals surface area contributed by atoms with E-state index in [-0.39, 0.29) is 5.78 Å². The summed E-state index contributed by atoms with van der Waals surface area (Å²) in [5, 5.41) is 5.61. The quantitative estimate of drug-likeness (QED) is 0.657. The Labute approximate surface area is 135 Å². The molecule has 0 heterocycles. The van der Waals surface area contributed by atoms with Gasteiger partial charge in [-0.05, 0) is 25.5 Å². The third kappa shape index (κ3) is 4.32. The molecule has 1 amide bonds. The van der Waals surface area contributed by atoms with Crippen molar-refractivity contribution < 1.29 is 14.3 Å². The molecule has 0 saturated carbocycles. The fraction of sp³-hybridized carbons (Fsp3) is 0.222. The van der Waals surface area contributed by atoms with Crippen LogP contribution in [-0.2, 0) is 4.74 Å². The van der Waals surface area contributed by atoms with Gasteiger partial charge in [0.25, 0.3) is 0 Å². The van der Waals surface area contributed by atoms with Crippen LogP contribution in [0.2, 0.25) is 0 Å². The molecule has 1 atom stereocenters. The summed E-state index contributed by atoms with van der Waals surface area (Å²) in [7, 11) is 1.26. The lowest BCUT2D eigenvalue weighted by atomic mass is 10.1. The number of anilines is 1. The largest absolute Gasteiger partial charge is 0.453 e. The molecule has 2 aromatic carbocycles. The van der Waals surface area contributed by atoms with Crippen molar-refractivity contribution in [1.82, 2.24) is 5.32 Å². The highest BCUT2D eigenvalue weighted by Gasteiger charge is 2.22. The predicted molar refractivity (Wildman–Crippen MR) is 89.6 cm³/mol. The Morgan fingerprint density at radius 2 is 1.74 bits per heavy atom. The molecule has 5 heteroatoms. The smallest absolute Gasteiger partial charge is 0.408 e. The van der Waals surface area contributed by atoms with Crippen molar-refractivity contribution in [3.8, 4) is 0 Å². The molecule has 23 heavy (non-hydrogen) atoms. The van der Waals surface area contributed by atoms with Crippen LogP contribution in [0.5, 0.6) is 0 Å². The minimum Gasteiger partial charge on any atom is -0.453 e. The van der Waals surface area contributed by atoms with Crippen LogP contribution in [0.15, 0.2) is 48.5 Å². The summed E-state index contributed by atoms with van der Waals surface area (Å²) in [4.78, 5) is 24.2. The molecule has 0 bridgehead atoms. The summed E-state index contributed by atoms with van der Waals surface area (Å²) >= 11 is 0. The summed E-state index contributed by atoms with van der Waals surface area (Å²) in [6.07, 6.45) is -1.58. The maximum absolute atomic E-state index is 12.6. The summed E-state index contributed by atoms with van der Waals surface area (Å²) in [6.45, 7) is 3.94. The molecule has 120 valence electrons. The highest BCUT2D eigenvalue weighted by Crippen LogP contribution is 2.17. The number of carbonyl (C=O) groups is 2. The molecule has 2 aromatic rings. The molecule has 2 N–H and O–H groups in total. The summed E-state index contributed by atoms with van der Waals surface area (Å²) < 4.78 is 4.61. The Bertz CT molecular complexity index is 699. The molecule has 5 nitrogen and oxygen atoms in total. The molecule has 0 aliphatic rings. The van der Waals surface area contributed by atoms with E-state index in [1.165, 1.54) is 7.11 Å². The number of ketones is 1. The second-order valence-electron chi connectivity index (χ2n) is 5.26. The Morgan fingerprint density at radius 1 is 1.04 bits per heavy atom. The highest BCUT2D eigenvalue weighted by atomic mass is 16.5. The molecular weight excluding hydrogens is 292 g/mol. The number of amides is 1. The Morgan fingerprint density at radius 3 is 2.35 bits per heavy atom. The number of Topliss-reactive ketones (excluding diaryl/α,β-unsaturated/α-hetero) is 1. The zero-order valence-corrected chi connectivity index (χ0v) is 13.4. The van der Waals surface area contributed by atoms with Crippen LogP contribution in [0.4, 0.5) is 10.5 Å². The second-order valence-corrected chi connectivity index (χ2v) is 5.26. The van der Waals surface area contributed by atoms with Crippen molar-refractivity contribution >= 4 is 17.6 Å². The van der Waals surface area contributed by atoms with E-state index in [1.807, 2.05) is 38.1 Å². The molecule has 0 saturated heterocycles. The molecule has 0 aromatic heterocycles. The standard InChI is InChI=1S/C18H20N2O3/c1-12-9-10-15(13(2)11-12)19-17(20-18(22)23-3)16(21)14-7-5-4-6-8-14/h4-11,17,19H,1-3H3,(H,20,22)/t17-/m0/s1. The van der Waals surface area contributed by atoms with Crippen LogP contribution < -0.4 is 10.6 Å². The third-order valence-corrected chi connectivity index (χ3v) is 3.45. The lowest BCUT2D eigenvalue weighted by Gasteiger charge is -2.21. The molecule has 0 aliphatic carbocycles. The minimum atomic E-state index is -0.911. The van der Waals surface area contributed by atoms with Gasteiger partial charge in [0, 0.05) is 11.3 Å². The van der Waals surface area contributed by atoms with E-state index in [9.17, 15) is 9.59 Å². The maximum atomic E-state index is 12.6. The minimum absolute atomic E-state index is 0.240. The average Bonchev–Trinajstić information content (AvgIpc) is 2.56. The van der Waals surface area contributed by atoms with E-state index in [1.54, 1.807) is 24.3 Å². The molecule has 2 rings (SSSR count). The molecule has 0 aliphatic heterocycles. The number of benzene rings is 2. The van der Waals surface area contributed by atoms with Gasteiger partial charge in [0.1, 0.15) is 0 Å². The van der Waals surface area contributed by atoms with Crippen molar-refractivity contribution in [3.05, 3.63) is 65.2 Å². The van der Waals surface area contributed by atoms with Crippen molar-refractivity contribution in [2.45, 2.75) is 20.0 Å². The zero-order valence-electron chi connectivity index (χ0n) is 13.4. The van der Waals surface area contributed by atoms with Gasteiger partial charge in [0.05, 0.1) is 7.11 Å². The van der Waals surface area contributed by atoms with E-state index in [0.717, 1.165) is 16.8 Å². The van der Waals surface area contributed by atoms with E-state index < -0.39 is 12.3 Å². The van der Waals surface area contributed by atoms with E-state index in [4.69, 9.17) is 0 Å². The van der Waals surface area contributed by atoms with Gasteiger partial charge >= 0.3 is 6.09 Å². The number of ether oxygens (including phenoxy) is 1. The van der Waals surface area contributed by atoms with Gasteiger partial charge in [-0.3, -0.25) is 10.1 Å². The Kier molecular flexibility index (Phi) is 5.36. The van der Waals surface area contributed by atoms with Gasteiger partial charge in [-0.2, -0.15) is 0 Å². The number of carbonyl (C=O) groups excluding carboxylic acids is 2. The number of hydrogen-bond donors (Lipinski definition) is 2. The first kappa shape index (κ1) is 16.5. The fourth-order valence-corrected chi connectivity index (χ4v) is 2.24. The topological polar surface area (TPSA) is 67.4 Å². The van der Waals surface area contributed by atoms with Crippen LogP contribution in [0.3, 0.4) is 0 Å². The summed E-state index contributed by atoms with van der Waals surface area (Å²) in [5.74, 6) is -0.240. The number of rotatable bonds is 5. The number of alkyl carbamates (subject to hydrolysis) is 1. The van der Waals surface area contributed by atoms with Gasteiger partial charge in [0.2, 0.25) is 5.78 Å². The molecular formula is C18H20N2O3. The molecule has 0 radical (unpaired) electrons. The van der Waals surface area contributed by atoms with Crippen molar-refractivity contribution in [2.75, 3.05) is 12.4 Å². The Balaban J connectivity index is 2.27. The van der Waals surface area contributed by atoms with Crippen LogP contribution in [0.1, 0.15) is 21.5 Å². The predicted octanol–water partition coefficient (Wildman–Crippen LogP) is 3.28. The summed E-state index contributed by atoms with van der Waals surface area (Å²) in [5.41, 5.74) is 3.40. The van der Waals surface area contributed by atoms with Gasteiger partial charge in [-0.25, -0.2) is 4.79 Å². The lowest BCUT2D eigenvalue weighted by Crippen LogP contribution is -2.46. The first-order valence-electron chi connectivity index (χ1n) is 7.29. The van der Waals surface area contributed by atoms with Gasteiger partial charge in [0.15, 0.2) is 6.17 Å².